The lowest BCUT2D eigenvalue weighted by Gasteiger charge is -2.13. The van der Waals surface area contributed by atoms with Gasteiger partial charge in [-0.2, -0.15) is 0 Å². The molecule has 1 unspecified atom stereocenters. The third-order valence-electron chi connectivity index (χ3n) is 2.26. The molecule has 15 heavy (non-hydrogen) atoms. The van der Waals surface area contributed by atoms with Crippen molar-refractivity contribution in [2.45, 2.75) is 33.3 Å². The molecule has 3 heteroatoms. The highest BCUT2D eigenvalue weighted by atomic mass is 19.1. The van der Waals surface area contributed by atoms with E-state index in [1.54, 1.807) is 32.9 Å². The van der Waals surface area contributed by atoms with Gasteiger partial charge in [0.15, 0.2) is 23.5 Å². The van der Waals surface area contributed by atoms with Gasteiger partial charge in [-0.25, -0.2) is 4.39 Å². The van der Waals surface area contributed by atoms with Gasteiger partial charge in [-0.3, -0.25) is 4.79 Å². The van der Waals surface area contributed by atoms with Crippen LogP contribution >= 0.6 is 0 Å². The van der Waals surface area contributed by atoms with E-state index in [-0.39, 0.29) is 11.5 Å². The van der Waals surface area contributed by atoms with E-state index in [9.17, 15) is 9.18 Å². The number of benzene rings is 1. The maximum Gasteiger partial charge on any atom is 0.172 e. The number of ether oxygens (including phenoxy) is 1. The van der Waals surface area contributed by atoms with Gasteiger partial charge in [0.05, 0.1) is 0 Å². The van der Waals surface area contributed by atoms with Gasteiger partial charge in [-0.1, -0.05) is 19.1 Å². The van der Waals surface area contributed by atoms with Crippen LogP contribution in [0.1, 0.15) is 25.8 Å². The summed E-state index contributed by atoms with van der Waals surface area (Å²) in [5.41, 5.74) is 0.517. The molecule has 0 bridgehead atoms. The number of hydrogen-bond acceptors (Lipinski definition) is 2. The van der Waals surface area contributed by atoms with Crippen LogP contribution in [0.4, 0.5) is 4.39 Å². The fourth-order valence-corrected chi connectivity index (χ4v) is 1.26. The molecule has 0 spiro atoms. The van der Waals surface area contributed by atoms with Crippen LogP contribution < -0.4 is 4.74 Å². The van der Waals surface area contributed by atoms with Gasteiger partial charge in [0.25, 0.3) is 0 Å². The quantitative estimate of drug-likeness (QED) is 0.763. The van der Waals surface area contributed by atoms with E-state index in [4.69, 9.17) is 4.74 Å². The highest BCUT2D eigenvalue weighted by Gasteiger charge is 2.15. The average molecular weight is 210 g/mol. The highest BCUT2D eigenvalue weighted by molar-refractivity contribution is 5.82. The van der Waals surface area contributed by atoms with Crippen LogP contribution in [0, 0.1) is 12.7 Å². The van der Waals surface area contributed by atoms with E-state index in [1.807, 2.05) is 0 Å². The van der Waals surface area contributed by atoms with Gasteiger partial charge in [0.1, 0.15) is 0 Å². The molecular formula is C12H15FO2. The lowest BCUT2D eigenvalue weighted by atomic mass is 10.2. The molecule has 0 amide bonds. The Balaban J connectivity index is 2.81. The fourth-order valence-electron chi connectivity index (χ4n) is 1.26. The highest BCUT2D eigenvalue weighted by Crippen LogP contribution is 2.21. The molecule has 0 N–H and O–H groups in total. The summed E-state index contributed by atoms with van der Waals surface area (Å²) in [6.07, 6.45) is -0.194. The molecule has 1 atom stereocenters. The number of ketones is 1. The molecule has 2 nitrogen and oxygen atoms in total. The normalized spacial score (nSPS) is 12.3. The largest absolute Gasteiger partial charge is 0.480 e. The van der Waals surface area contributed by atoms with Crippen LogP contribution in [-0.2, 0) is 4.79 Å². The van der Waals surface area contributed by atoms with Crippen molar-refractivity contribution in [3.05, 3.63) is 29.6 Å². The molecule has 0 aliphatic carbocycles. The second-order valence-electron chi connectivity index (χ2n) is 3.47. The monoisotopic (exact) mass is 210 g/mol. The molecule has 0 radical (unpaired) electrons. The number of Topliss-reactive ketones (excluding diaryl/α,β-unsaturated/α-hetero) is 1. The second kappa shape index (κ2) is 4.91. The van der Waals surface area contributed by atoms with E-state index in [0.717, 1.165) is 0 Å². The first-order valence-corrected chi connectivity index (χ1v) is 5.00. The lowest BCUT2D eigenvalue weighted by Crippen LogP contribution is -2.23. The maximum absolute atomic E-state index is 13.5. The summed E-state index contributed by atoms with van der Waals surface area (Å²) in [5.74, 6) is -0.284. The Bertz CT molecular complexity index is 361. The number of rotatable bonds is 4. The zero-order chi connectivity index (χ0) is 11.4. The Morgan fingerprint density at radius 3 is 2.80 bits per heavy atom. The summed E-state index contributed by atoms with van der Waals surface area (Å²) in [6.45, 7) is 5.05. The predicted octanol–water partition coefficient (Wildman–Crippen LogP) is 2.88. The molecule has 0 fully saturated rings. The Labute approximate surface area is 89.1 Å². The summed E-state index contributed by atoms with van der Waals surface area (Å²) in [4.78, 5) is 11.3. The van der Waals surface area contributed by atoms with E-state index in [0.29, 0.717) is 12.0 Å². The Morgan fingerprint density at radius 1 is 1.53 bits per heavy atom. The third-order valence-corrected chi connectivity index (χ3v) is 2.26. The Hall–Kier alpha value is -1.38. The SMILES string of the molecule is CCC(=O)C(C)Oc1cccc(C)c1F. The minimum Gasteiger partial charge on any atom is -0.480 e. The molecule has 0 aliphatic rings. The lowest BCUT2D eigenvalue weighted by molar-refractivity contribution is -0.124. The topological polar surface area (TPSA) is 26.3 Å². The van der Waals surface area contributed by atoms with Crippen molar-refractivity contribution in [2.24, 2.45) is 0 Å². The molecule has 0 aromatic heterocycles. The summed E-state index contributed by atoms with van der Waals surface area (Å²) in [6, 6.07) is 4.90. The van der Waals surface area contributed by atoms with Crippen molar-refractivity contribution in [1.29, 1.82) is 0 Å². The molecule has 0 saturated heterocycles. The van der Waals surface area contributed by atoms with Gasteiger partial charge in [-0.05, 0) is 25.5 Å². The fraction of sp³-hybridized carbons (Fsp3) is 0.417. The van der Waals surface area contributed by atoms with Gasteiger partial charge in [-0.15, -0.1) is 0 Å². The average Bonchev–Trinajstić information content (AvgIpc) is 2.23. The number of hydrogen-bond donors (Lipinski definition) is 0. The van der Waals surface area contributed by atoms with Crippen molar-refractivity contribution in [3.8, 4) is 5.75 Å². The number of aryl methyl sites for hydroxylation is 1. The standard InChI is InChI=1S/C12H15FO2/c1-4-10(14)9(3)15-11-7-5-6-8(2)12(11)13/h5-7,9H,4H2,1-3H3. The van der Waals surface area contributed by atoms with Gasteiger partial charge < -0.3 is 4.74 Å². The zero-order valence-electron chi connectivity index (χ0n) is 9.21. The second-order valence-corrected chi connectivity index (χ2v) is 3.47. The van der Waals surface area contributed by atoms with E-state index >= 15 is 0 Å². The molecular weight excluding hydrogens is 195 g/mol. The molecule has 0 saturated carbocycles. The van der Waals surface area contributed by atoms with Crippen molar-refractivity contribution < 1.29 is 13.9 Å². The minimum atomic E-state index is -0.591. The summed E-state index contributed by atoms with van der Waals surface area (Å²) in [5, 5.41) is 0. The molecule has 1 rings (SSSR count). The van der Waals surface area contributed by atoms with Gasteiger partial charge in [0.2, 0.25) is 0 Å². The molecule has 0 heterocycles. The Morgan fingerprint density at radius 2 is 2.20 bits per heavy atom. The summed E-state index contributed by atoms with van der Waals surface area (Å²) >= 11 is 0. The van der Waals surface area contributed by atoms with Crippen LogP contribution in [0.3, 0.4) is 0 Å². The molecule has 0 aliphatic heterocycles. The molecule has 82 valence electrons. The molecule has 1 aromatic carbocycles. The Kier molecular flexibility index (Phi) is 3.83. The summed E-state index contributed by atoms with van der Waals surface area (Å²) in [7, 11) is 0. The van der Waals surface area contributed by atoms with Gasteiger partial charge >= 0.3 is 0 Å². The van der Waals surface area contributed by atoms with Crippen LogP contribution in [0.15, 0.2) is 18.2 Å². The molecule has 1 aromatic rings. The summed E-state index contributed by atoms with van der Waals surface area (Å²) < 4.78 is 18.7. The van der Waals surface area contributed by atoms with Crippen LogP contribution in [0.5, 0.6) is 5.75 Å². The van der Waals surface area contributed by atoms with Crippen molar-refractivity contribution in [2.75, 3.05) is 0 Å². The van der Waals surface area contributed by atoms with Crippen LogP contribution in [0.25, 0.3) is 0 Å². The minimum absolute atomic E-state index is 0.0316. The van der Waals surface area contributed by atoms with E-state index in [1.165, 1.54) is 6.07 Å². The maximum atomic E-state index is 13.5. The zero-order valence-corrected chi connectivity index (χ0v) is 9.21. The number of carbonyl (C=O) groups is 1. The predicted molar refractivity (Wildman–Crippen MR) is 56.5 cm³/mol. The van der Waals surface area contributed by atoms with E-state index in [2.05, 4.69) is 0 Å². The van der Waals surface area contributed by atoms with Crippen LogP contribution in [-0.4, -0.2) is 11.9 Å². The first-order valence-electron chi connectivity index (χ1n) is 5.00. The van der Waals surface area contributed by atoms with Gasteiger partial charge in [0, 0.05) is 6.42 Å². The van der Waals surface area contributed by atoms with Crippen molar-refractivity contribution in [1.82, 2.24) is 0 Å². The number of halogens is 1. The first-order chi connectivity index (χ1) is 7.06. The number of carbonyl (C=O) groups excluding carboxylic acids is 1. The smallest absolute Gasteiger partial charge is 0.172 e. The van der Waals surface area contributed by atoms with Crippen molar-refractivity contribution >= 4 is 5.78 Å². The first kappa shape index (κ1) is 11.7. The van der Waals surface area contributed by atoms with E-state index < -0.39 is 11.9 Å². The van der Waals surface area contributed by atoms with Crippen molar-refractivity contribution in [3.63, 3.8) is 0 Å². The van der Waals surface area contributed by atoms with Crippen LogP contribution in [0.2, 0.25) is 0 Å². The third kappa shape index (κ3) is 2.78.